The molecule has 1 saturated heterocycles. The Kier molecular flexibility index (Phi) is 25.2. The molecule has 2 aliphatic heterocycles. The normalized spacial score (nSPS) is 16.8. The Morgan fingerprint density at radius 2 is 1.51 bits per heavy atom. The van der Waals surface area contributed by atoms with Gasteiger partial charge in [0.2, 0.25) is 28.0 Å². The molecule has 3 aliphatic rings. The second kappa shape index (κ2) is 31.9. The lowest BCUT2D eigenvalue weighted by molar-refractivity contribution is -0.498. The van der Waals surface area contributed by atoms with Crippen molar-refractivity contribution in [2.45, 2.75) is 113 Å². The van der Waals surface area contributed by atoms with Crippen molar-refractivity contribution in [3.05, 3.63) is 77.5 Å². The summed E-state index contributed by atoms with van der Waals surface area (Å²) in [5.41, 5.74) is 6.94. The highest BCUT2D eigenvalue weighted by molar-refractivity contribution is 7.86. The van der Waals surface area contributed by atoms with Crippen LogP contribution >= 0.6 is 23.5 Å². The van der Waals surface area contributed by atoms with Crippen LogP contribution < -0.4 is 37.4 Å². The van der Waals surface area contributed by atoms with Gasteiger partial charge in [-0.25, -0.2) is 37.1 Å². The number of nitrogens with one attached hydrogen (secondary N) is 5. The highest BCUT2D eigenvalue weighted by atomic mass is 32.2. The minimum Gasteiger partial charge on any atom is -0.744 e. The average Bonchev–Trinajstić information content (AvgIpc) is 1.37. The number of fused-ring (bicyclic) bond motifs is 3. The van der Waals surface area contributed by atoms with Crippen LogP contribution in [0.4, 0.5) is 11.5 Å². The molecule has 1 fully saturated rings. The molecule has 2 aromatic heterocycles. The van der Waals surface area contributed by atoms with Crippen molar-refractivity contribution in [1.82, 2.24) is 35.4 Å². The quantitative estimate of drug-likeness (QED) is 0.00949. The first-order valence-electron chi connectivity index (χ1n) is 29.0. The van der Waals surface area contributed by atoms with E-state index in [1.165, 1.54) is 46.3 Å². The van der Waals surface area contributed by atoms with Crippen LogP contribution in [0.2, 0.25) is 0 Å². The summed E-state index contributed by atoms with van der Waals surface area (Å²) < 4.78 is 135. The highest BCUT2D eigenvalue weighted by Gasteiger charge is 2.43. The molecular formula is C55H71N10O23P3S2. The molecule has 4 amide bonds. The Hall–Kier alpha value is -7.06. The van der Waals surface area contributed by atoms with Gasteiger partial charge in [-0.1, -0.05) is 42.9 Å². The average molecular weight is 1400 g/mol. The highest BCUT2D eigenvalue weighted by Crippen LogP contribution is 2.66. The van der Waals surface area contributed by atoms with E-state index in [1.807, 2.05) is 0 Å². The van der Waals surface area contributed by atoms with Crippen LogP contribution in [0.5, 0.6) is 0 Å². The number of amides is 4. The van der Waals surface area contributed by atoms with Crippen LogP contribution in [0.15, 0.2) is 75.3 Å². The Labute approximate surface area is 533 Å². The first-order chi connectivity index (χ1) is 43.8. The molecular weight excluding hydrogens is 1330 g/mol. The molecule has 13 N–H and O–H groups in total. The van der Waals surface area contributed by atoms with Crippen molar-refractivity contribution in [2.75, 3.05) is 64.0 Å². The molecule has 0 bridgehead atoms. The third kappa shape index (κ3) is 20.2. The molecule has 1 aliphatic carbocycles. The zero-order valence-electron chi connectivity index (χ0n) is 50.4. The molecule has 38 heteroatoms. The van der Waals surface area contributed by atoms with E-state index in [4.69, 9.17) is 24.7 Å². The summed E-state index contributed by atoms with van der Waals surface area (Å²) >= 11 is 0. The maximum atomic E-state index is 14.1. The van der Waals surface area contributed by atoms with Gasteiger partial charge in [0.25, 0.3) is 5.91 Å². The number of benzene rings is 3. The van der Waals surface area contributed by atoms with Crippen LogP contribution in [-0.2, 0) is 66.2 Å². The fourth-order valence-electron chi connectivity index (χ4n) is 10.1. The maximum absolute atomic E-state index is 14.1. The minimum absolute atomic E-state index is 0.0262. The second-order valence-corrected chi connectivity index (χ2v) is 28.2. The standard InChI is InChI=1S/C55H71N10O23P3S2/c1-4-57-40-23-22-34-28-39-38(29-41(58-5-2)52(93(81,82)83)50(39)86-49(34)51(40)92(78,79)80)36-17-10-11-18-37(36)55(70)64(3)27-15-21-46(69)60-25-13-6-8-19-44(67)59-24-12-7-9-20-45(68)61-26-14-16-35-31-65(54-48(35)53(56)62-33-63-54)47-30-42(66)43(85-47)32-84-90(74,75)88-91(76,77)87-89(71,72)73/h10-11,17-18,22-23,28-29,31,33,42-43,47,58,66H,4-9,12-13,15,19-21,24-27,30,32H2,1-3H3,(H,59,67)(H,60,69)(H,61,68)(H,74,75)(H,76,77)(H2,56,62,63)(H2,71,72,73)(H,78,79,80)(H,81,82,83)/t42-,43+,47+/m0/s1. The summed E-state index contributed by atoms with van der Waals surface area (Å²) in [6, 6.07) is 12.2. The Balaban J connectivity index is 0.790. The van der Waals surface area contributed by atoms with E-state index < -0.39 is 95.8 Å². The third-order valence-corrected chi connectivity index (χ3v) is 19.9. The Bertz CT molecular complexity index is 4250. The Morgan fingerprint density at radius 3 is 2.14 bits per heavy atom. The number of nitrogens with two attached hydrogens (primary N) is 1. The summed E-state index contributed by atoms with van der Waals surface area (Å²) in [6.07, 6.45) is 3.52. The minimum atomic E-state index is -5.77. The number of rotatable bonds is 32. The topological polar surface area (TPSA) is 504 Å². The van der Waals surface area contributed by atoms with E-state index in [0.717, 1.165) is 0 Å². The van der Waals surface area contributed by atoms with E-state index in [1.54, 1.807) is 45.2 Å². The van der Waals surface area contributed by atoms with Crippen molar-refractivity contribution in [1.29, 1.82) is 0 Å². The van der Waals surface area contributed by atoms with Crippen molar-refractivity contribution < 1.29 is 111 Å². The number of aliphatic hydroxyl groups is 1. The molecule has 506 valence electrons. The van der Waals surface area contributed by atoms with Gasteiger partial charge in [0.05, 0.1) is 35.9 Å². The predicted molar refractivity (Wildman–Crippen MR) is 330 cm³/mol. The Morgan fingerprint density at radius 1 is 0.849 bits per heavy atom. The lowest BCUT2D eigenvalue weighted by atomic mass is 9.93. The predicted octanol–water partition coefficient (Wildman–Crippen LogP) is 2.48. The first-order valence-corrected chi connectivity index (χ1v) is 36.4. The van der Waals surface area contributed by atoms with Crippen LogP contribution in [0, 0.1) is 11.8 Å². The number of aliphatic hydroxyl groups excluding tert-OH is 1. The molecule has 33 nitrogen and oxygen atoms in total. The number of hydrogen-bond donors (Lipinski definition) is 12. The molecule has 2 aromatic carbocycles. The summed E-state index contributed by atoms with van der Waals surface area (Å²) in [4.78, 5) is 99.7. The third-order valence-electron chi connectivity index (χ3n) is 14.2. The van der Waals surface area contributed by atoms with Crippen LogP contribution in [0.3, 0.4) is 0 Å². The van der Waals surface area contributed by atoms with Gasteiger partial charge < -0.3 is 74.9 Å². The van der Waals surface area contributed by atoms with Crippen LogP contribution in [0.1, 0.15) is 107 Å². The van der Waals surface area contributed by atoms with E-state index in [-0.39, 0.29) is 114 Å². The van der Waals surface area contributed by atoms with Crippen molar-refractivity contribution in [3.63, 3.8) is 0 Å². The van der Waals surface area contributed by atoms with Gasteiger partial charge in [0.15, 0.2) is 11.3 Å². The molecule has 5 atom stereocenters. The monoisotopic (exact) mass is 1400 g/mol. The van der Waals surface area contributed by atoms with E-state index >= 15 is 0 Å². The summed E-state index contributed by atoms with van der Waals surface area (Å²) in [5, 5.41) is 22.3. The van der Waals surface area contributed by atoms with Gasteiger partial charge in [0, 0.05) is 87.7 Å². The van der Waals surface area contributed by atoms with Crippen LogP contribution in [-0.4, -0.2) is 159 Å². The number of ether oxygens (including phenoxy) is 1. The van der Waals surface area contributed by atoms with Gasteiger partial charge in [0.1, 0.15) is 51.7 Å². The number of phosphoric acid groups is 3. The van der Waals surface area contributed by atoms with E-state index in [9.17, 15) is 73.7 Å². The first kappa shape index (κ1) is 73.4. The number of hydrogen-bond acceptors (Lipinski definition) is 22. The molecule has 4 heterocycles. The number of anilines is 2. The number of aromatic nitrogens is 3. The molecule has 0 saturated carbocycles. The van der Waals surface area contributed by atoms with Gasteiger partial charge in [-0.3, -0.25) is 28.3 Å². The number of nitrogen functional groups attached to an aromatic ring is 1. The van der Waals surface area contributed by atoms with Crippen molar-refractivity contribution in [3.8, 4) is 34.3 Å². The van der Waals surface area contributed by atoms with Gasteiger partial charge in [-0.2, -0.15) is 17.0 Å². The van der Waals surface area contributed by atoms with E-state index in [2.05, 4.69) is 61.2 Å². The lowest BCUT2D eigenvalue weighted by Crippen LogP contribution is -2.76. The zero-order valence-corrected chi connectivity index (χ0v) is 54.7. The summed E-state index contributed by atoms with van der Waals surface area (Å²) in [7, 11) is -25.6. The molecule has 0 spiro atoms. The number of phosphoric ester groups is 1. The number of carbonyl (C=O) groups excluding carboxylic acids is 4. The van der Waals surface area contributed by atoms with Gasteiger partial charge in [-0.05, 0) is 81.3 Å². The smallest absolute Gasteiger partial charge is 0.490 e. The fourth-order valence-corrected chi connectivity index (χ4v) is 14.7. The molecule has 0 radical (unpaired) electrons. The van der Waals surface area contributed by atoms with Gasteiger partial charge in [-0.15, -0.1) is 0 Å². The molecule has 7 rings (SSSR count). The molecule has 93 heavy (non-hydrogen) atoms. The number of unbranched alkanes of at least 4 members (excludes halogenated alkanes) is 4. The zero-order chi connectivity index (χ0) is 68.1. The number of nitrogens with zero attached hydrogens (tertiary/aromatic N) is 4. The maximum Gasteiger partial charge on any atom is 0.490 e. The van der Waals surface area contributed by atoms with Crippen molar-refractivity contribution >= 4 is 101 Å². The SMILES string of the molecule is CCNc1cc(-c2ccccc2C(=O)N(C)CCCC(=O)NCCCCCC(=O)NCCCCCC(=O)NCC#Cc2cn([C@H]3C[C@H](O)[C@@H](COP(=O)(O)OP(=O)(O)OP(=O)(O)O)O3)c3ncnc(N)c23)c2cc3ccc(=[NH+]CC)c(S(=O)(=O)O)c-3oc2c1S(=O)(=O)[O-]. The summed E-state index contributed by atoms with van der Waals surface area (Å²) in [6.45, 7) is 3.79. The number of carbonyl (C=O) groups is 4. The molecule has 2 unspecified atom stereocenters. The fraction of sp³-hybridized carbons (Fsp3) is 0.436. The second-order valence-electron chi connectivity index (χ2n) is 21.1. The van der Waals surface area contributed by atoms with E-state index in [0.29, 0.717) is 74.5 Å². The molecule has 4 aromatic rings. The summed E-state index contributed by atoms with van der Waals surface area (Å²) in [5.74, 6) is 4.32. The largest absolute Gasteiger partial charge is 0.744 e. The lowest BCUT2D eigenvalue weighted by Gasteiger charge is -2.22. The van der Waals surface area contributed by atoms with Crippen LogP contribution in [0.25, 0.3) is 44.5 Å². The van der Waals surface area contributed by atoms with Gasteiger partial charge >= 0.3 is 33.6 Å². The van der Waals surface area contributed by atoms with Crippen molar-refractivity contribution in [2.24, 2.45) is 0 Å².